The van der Waals surface area contributed by atoms with Gasteiger partial charge in [0, 0.05) is 56.2 Å². The maximum atomic E-state index is 13.9. The van der Waals surface area contributed by atoms with Crippen molar-refractivity contribution in [1.82, 2.24) is 35.5 Å². The molecule has 318 valence electrons. The lowest BCUT2D eigenvalue weighted by Crippen LogP contribution is -2.42. The number of aromatic amines is 1. The number of esters is 2. The molecule has 6 rings (SSSR count). The first-order valence-electron chi connectivity index (χ1n) is 20.7. The number of benzene rings is 3. The smallest absolute Gasteiger partial charge is 0.361 e. The second-order valence-electron chi connectivity index (χ2n) is 15.4. The number of nitrogens with one attached hydrogen (secondary N) is 2. The van der Waals surface area contributed by atoms with E-state index in [-0.39, 0.29) is 16.8 Å². The van der Waals surface area contributed by atoms with Crippen LogP contribution in [0.3, 0.4) is 0 Å². The van der Waals surface area contributed by atoms with E-state index in [9.17, 15) is 14.4 Å². The molecule has 0 radical (unpaired) electrons. The number of H-pyrrole nitrogens is 1. The van der Waals surface area contributed by atoms with Crippen LogP contribution >= 0.6 is 23.2 Å². The molecule has 15 heteroatoms. The fourth-order valence-electron chi connectivity index (χ4n) is 7.97. The minimum absolute atomic E-state index is 0.00983. The number of amides is 1. The maximum absolute atomic E-state index is 13.9. The zero-order chi connectivity index (χ0) is 42.5. The van der Waals surface area contributed by atoms with Gasteiger partial charge in [0.15, 0.2) is 10.8 Å². The third-order valence-corrected chi connectivity index (χ3v) is 11.7. The van der Waals surface area contributed by atoms with E-state index in [0.717, 1.165) is 66.3 Å². The number of unbranched alkanes of at least 4 members (excludes halogenated alkanes) is 1. The SMILES string of the molecule is CCCCc1nc(Cl)c(C(=O)OC(C)OC(=O)C(CCOC)CC2(C(=O)NCCCc3ccc(Cl)cc3)CCCC2)n1Cc1ccc(-c2ccccc2-c2nn[nH]n2)cc1. The van der Waals surface area contributed by atoms with Crippen LogP contribution in [0.5, 0.6) is 0 Å². The molecule has 1 fully saturated rings. The van der Waals surface area contributed by atoms with Gasteiger partial charge in [0.05, 0.1) is 5.92 Å². The highest BCUT2D eigenvalue weighted by Crippen LogP contribution is 2.44. The van der Waals surface area contributed by atoms with Gasteiger partial charge in [-0.1, -0.05) is 110 Å². The summed E-state index contributed by atoms with van der Waals surface area (Å²) < 4.78 is 18.7. The number of aryl methyl sites for hydroxylation is 2. The molecule has 0 bridgehead atoms. The quantitative estimate of drug-likeness (QED) is 0.0414. The lowest BCUT2D eigenvalue weighted by Gasteiger charge is -2.31. The topological polar surface area (TPSA) is 163 Å². The molecule has 0 aliphatic heterocycles. The largest absolute Gasteiger partial charge is 0.425 e. The van der Waals surface area contributed by atoms with Gasteiger partial charge in [-0.25, -0.2) is 9.78 Å². The molecule has 2 heterocycles. The first-order valence-corrected chi connectivity index (χ1v) is 21.5. The molecule has 2 unspecified atom stereocenters. The number of methoxy groups -OCH3 is 1. The Morgan fingerprint density at radius 3 is 2.32 bits per heavy atom. The van der Waals surface area contributed by atoms with Crippen molar-refractivity contribution in [2.75, 3.05) is 20.3 Å². The molecule has 5 aromatic rings. The lowest BCUT2D eigenvalue weighted by molar-refractivity contribution is -0.172. The van der Waals surface area contributed by atoms with Crippen LogP contribution in [-0.2, 0) is 43.2 Å². The summed E-state index contributed by atoms with van der Waals surface area (Å²) in [6.07, 6.45) is 6.50. The van der Waals surface area contributed by atoms with Crippen LogP contribution in [-0.4, -0.2) is 74.6 Å². The number of nitrogens with zero attached hydrogens (tertiary/aromatic N) is 5. The van der Waals surface area contributed by atoms with Gasteiger partial charge >= 0.3 is 11.9 Å². The average Bonchev–Trinajstić information content (AvgIpc) is 4.03. The van der Waals surface area contributed by atoms with Crippen LogP contribution < -0.4 is 5.32 Å². The summed E-state index contributed by atoms with van der Waals surface area (Å²) in [5.41, 5.74) is 4.17. The van der Waals surface area contributed by atoms with Crippen LogP contribution in [0.25, 0.3) is 22.5 Å². The highest BCUT2D eigenvalue weighted by molar-refractivity contribution is 6.32. The number of halogens is 2. The number of aromatic nitrogens is 6. The monoisotopic (exact) mass is 857 g/mol. The number of carbonyl (C=O) groups excluding carboxylic acids is 3. The van der Waals surface area contributed by atoms with Crippen LogP contribution in [0.2, 0.25) is 10.2 Å². The minimum atomic E-state index is -1.24. The first-order chi connectivity index (χ1) is 29.1. The van der Waals surface area contributed by atoms with E-state index in [1.807, 2.05) is 72.8 Å². The van der Waals surface area contributed by atoms with E-state index in [0.29, 0.717) is 68.5 Å². The van der Waals surface area contributed by atoms with E-state index in [1.165, 1.54) is 6.92 Å². The Balaban J connectivity index is 1.11. The van der Waals surface area contributed by atoms with Gasteiger partial charge in [-0.15, -0.1) is 10.2 Å². The third-order valence-electron chi connectivity index (χ3n) is 11.1. The molecule has 0 spiro atoms. The van der Waals surface area contributed by atoms with Crippen molar-refractivity contribution in [3.8, 4) is 22.5 Å². The third kappa shape index (κ3) is 11.4. The maximum Gasteiger partial charge on any atom is 0.361 e. The average molecular weight is 859 g/mol. The Morgan fingerprint density at radius 1 is 0.917 bits per heavy atom. The Labute approximate surface area is 360 Å². The second-order valence-corrected chi connectivity index (χ2v) is 16.2. The minimum Gasteiger partial charge on any atom is -0.425 e. The highest BCUT2D eigenvalue weighted by Gasteiger charge is 2.44. The van der Waals surface area contributed by atoms with Gasteiger partial charge in [-0.3, -0.25) is 9.59 Å². The van der Waals surface area contributed by atoms with Crippen molar-refractivity contribution >= 4 is 41.0 Å². The van der Waals surface area contributed by atoms with Gasteiger partial charge in [0.1, 0.15) is 5.82 Å². The molecule has 3 aromatic carbocycles. The highest BCUT2D eigenvalue weighted by atomic mass is 35.5. The standard InChI is InChI=1S/C45H53Cl2N7O6/c1-4-5-14-38-49-40(47)39(54(38)29-32-15-19-33(20-16-32)36-12-6-7-13-37(36)41-50-52-53-51-41)43(56)60-30(2)59-42(55)34(23-27-58-3)28-45(24-8-9-25-45)44(57)48-26-10-11-31-17-21-35(46)22-18-31/h6-7,12-13,15-22,30,34H,4-5,8-11,14,23-29H2,1-3H3,(H,48,57)(H,50,51,52,53). The Bertz CT molecular complexity index is 2170. The fraction of sp³-hybridized carbons (Fsp3) is 0.444. The molecule has 1 saturated carbocycles. The lowest BCUT2D eigenvalue weighted by atomic mass is 9.76. The summed E-state index contributed by atoms with van der Waals surface area (Å²) in [6.45, 7) is 4.70. The molecule has 2 atom stereocenters. The number of hydrogen-bond donors (Lipinski definition) is 2. The normalized spacial score (nSPS) is 14.4. The van der Waals surface area contributed by atoms with E-state index < -0.39 is 29.6 Å². The Kier molecular flexibility index (Phi) is 15.9. The Hall–Kier alpha value is -5.11. The summed E-state index contributed by atoms with van der Waals surface area (Å²) in [5, 5.41) is 18.4. The zero-order valence-electron chi connectivity index (χ0n) is 34.4. The molecule has 60 heavy (non-hydrogen) atoms. The number of ether oxygens (including phenoxy) is 3. The zero-order valence-corrected chi connectivity index (χ0v) is 35.9. The predicted molar refractivity (Wildman–Crippen MR) is 229 cm³/mol. The van der Waals surface area contributed by atoms with Gasteiger partial charge in [-0.2, -0.15) is 5.21 Å². The van der Waals surface area contributed by atoms with Gasteiger partial charge in [-0.05, 0) is 84.5 Å². The second kappa shape index (κ2) is 21.4. The summed E-state index contributed by atoms with van der Waals surface area (Å²) in [6, 6.07) is 23.5. The van der Waals surface area contributed by atoms with E-state index in [4.69, 9.17) is 37.4 Å². The van der Waals surface area contributed by atoms with Crippen molar-refractivity contribution in [2.45, 2.75) is 97.3 Å². The molecule has 0 saturated heterocycles. The van der Waals surface area contributed by atoms with Crippen LogP contribution in [0, 0.1) is 11.3 Å². The van der Waals surface area contributed by atoms with Crippen molar-refractivity contribution in [3.63, 3.8) is 0 Å². The molecule has 1 aliphatic carbocycles. The van der Waals surface area contributed by atoms with E-state index in [1.54, 1.807) is 11.7 Å². The predicted octanol–water partition coefficient (Wildman–Crippen LogP) is 8.83. The Morgan fingerprint density at radius 2 is 1.63 bits per heavy atom. The molecule has 2 aromatic heterocycles. The number of rotatable bonds is 21. The summed E-state index contributed by atoms with van der Waals surface area (Å²) in [4.78, 5) is 46.0. The van der Waals surface area contributed by atoms with Crippen LogP contribution in [0.1, 0.15) is 99.1 Å². The number of tetrazole rings is 1. The summed E-state index contributed by atoms with van der Waals surface area (Å²) in [7, 11) is 1.57. The van der Waals surface area contributed by atoms with Gasteiger partial charge in [0.2, 0.25) is 18.0 Å². The summed E-state index contributed by atoms with van der Waals surface area (Å²) >= 11 is 12.7. The van der Waals surface area contributed by atoms with E-state index in [2.05, 4.69) is 37.8 Å². The molecule has 1 amide bonds. The van der Waals surface area contributed by atoms with Gasteiger partial charge < -0.3 is 24.1 Å². The van der Waals surface area contributed by atoms with Crippen LogP contribution in [0.15, 0.2) is 72.8 Å². The molecule has 2 N–H and O–H groups in total. The molecular weight excluding hydrogens is 805 g/mol. The molecule has 13 nitrogen and oxygen atoms in total. The molecular formula is C45H53Cl2N7O6. The van der Waals surface area contributed by atoms with E-state index >= 15 is 0 Å². The number of hydrogen-bond acceptors (Lipinski definition) is 10. The van der Waals surface area contributed by atoms with Crippen molar-refractivity contribution in [3.05, 3.63) is 106 Å². The van der Waals surface area contributed by atoms with Crippen molar-refractivity contribution in [2.24, 2.45) is 11.3 Å². The van der Waals surface area contributed by atoms with Crippen LogP contribution in [0.4, 0.5) is 0 Å². The first kappa shape index (κ1) is 44.4. The van der Waals surface area contributed by atoms with Gasteiger partial charge in [0.25, 0.3) is 0 Å². The summed E-state index contributed by atoms with van der Waals surface area (Å²) in [5.74, 6) is -0.875. The molecule has 1 aliphatic rings. The van der Waals surface area contributed by atoms with Crippen molar-refractivity contribution in [1.29, 1.82) is 0 Å². The number of imidazole rings is 1. The number of carbonyl (C=O) groups is 3. The van der Waals surface area contributed by atoms with Crippen molar-refractivity contribution < 1.29 is 28.6 Å². The fourth-order valence-corrected chi connectivity index (χ4v) is 8.37.